The average Bonchev–Trinajstić information content (AvgIpc) is 2.79. The Morgan fingerprint density at radius 1 is 1.07 bits per heavy atom. The molecule has 154 valence electrons. The smallest absolute Gasteiger partial charge is 0.224 e. The lowest BCUT2D eigenvalue weighted by molar-refractivity contribution is -0.120. The number of thioether (sulfide) groups is 1. The number of aromatic nitrogens is 2. The summed E-state index contributed by atoms with van der Waals surface area (Å²) in [6.07, 6.45) is 3.46. The summed E-state index contributed by atoms with van der Waals surface area (Å²) in [5, 5.41) is 6.40. The molecule has 1 aliphatic rings. The molecule has 0 radical (unpaired) electrons. The van der Waals surface area contributed by atoms with Gasteiger partial charge in [-0.2, -0.15) is 0 Å². The van der Waals surface area contributed by atoms with Crippen LogP contribution in [0.1, 0.15) is 31.0 Å². The van der Waals surface area contributed by atoms with Gasteiger partial charge in [-0.05, 0) is 42.7 Å². The number of hydrogen-bond acceptors (Lipinski definition) is 5. The van der Waals surface area contributed by atoms with Crippen molar-refractivity contribution in [3.05, 3.63) is 65.9 Å². The molecule has 30 heavy (non-hydrogen) atoms. The molecule has 2 aromatic carbocycles. The molecule has 2 N–H and O–H groups in total. The van der Waals surface area contributed by atoms with Crippen LogP contribution in [0.4, 0.5) is 11.5 Å². The van der Waals surface area contributed by atoms with Crippen LogP contribution in [0.25, 0.3) is 11.4 Å². The second-order valence-electron chi connectivity index (χ2n) is 7.34. The summed E-state index contributed by atoms with van der Waals surface area (Å²) >= 11 is 1.82. The van der Waals surface area contributed by atoms with E-state index in [1.165, 1.54) is 0 Å². The van der Waals surface area contributed by atoms with Crippen molar-refractivity contribution in [3.8, 4) is 11.4 Å². The Balaban J connectivity index is 1.56. The Morgan fingerprint density at radius 3 is 2.63 bits per heavy atom. The maximum absolute atomic E-state index is 11.9. The van der Waals surface area contributed by atoms with Crippen LogP contribution in [-0.4, -0.2) is 28.2 Å². The number of nitrogens with zero attached hydrogens (tertiary/aromatic N) is 2. The van der Waals surface area contributed by atoms with Gasteiger partial charge < -0.3 is 10.6 Å². The summed E-state index contributed by atoms with van der Waals surface area (Å²) in [6, 6.07) is 18.1. The van der Waals surface area contributed by atoms with Crippen molar-refractivity contribution < 1.29 is 4.79 Å². The zero-order valence-electron chi connectivity index (χ0n) is 17.1. The number of anilines is 2. The van der Waals surface area contributed by atoms with E-state index < -0.39 is 0 Å². The Labute approximate surface area is 181 Å². The number of carbonyl (C=O) groups is 1. The van der Waals surface area contributed by atoms with Crippen molar-refractivity contribution in [1.29, 1.82) is 0 Å². The third kappa shape index (κ3) is 5.00. The van der Waals surface area contributed by atoms with Crippen LogP contribution < -0.4 is 10.6 Å². The molecule has 0 spiro atoms. The molecule has 0 atom stereocenters. The lowest BCUT2D eigenvalue weighted by Gasteiger charge is -2.19. The van der Waals surface area contributed by atoms with Gasteiger partial charge in [-0.15, -0.1) is 11.8 Å². The van der Waals surface area contributed by atoms with E-state index in [9.17, 15) is 4.79 Å². The lowest BCUT2D eigenvalue weighted by Crippen LogP contribution is -2.25. The number of fused-ring (bicyclic) bond motifs is 1. The van der Waals surface area contributed by atoms with Gasteiger partial charge in [0.15, 0.2) is 5.82 Å². The van der Waals surface area contributed by atoms with Gasteiger partial charge in [0, 0.05) is 17.8 Å². The first-order valence-electron chi connectivity index (χ1n) is 10.4. The van der Waals surface area contributed by atoms with Gasteiger partial charge in [-0.25, -0.2) is 9.97 Å². The number of aryl methyl sites for hydroxylation is 1. The highest BCUT2D eigenvalue weighted by Gasteiger charge is 2.19. The quantitative estimate of drug-likeness (QED) is 0.566. The second-order valence-corrected chi connectivity index (χ2v) is 8.44. The molecular formula is C24H26N4OS. The molecule has 4 rings (SSSR count). The standard InChI is InChI=1S/C24H26N4OS/c1-2-14-25-21(29)16-17-10-12-19(13-11-17)26-24-22-20(9-6-15-30-22)27-23(28-24)18-7-4-3-5-8-18/h3-5,7-8,10-13H,2,6,9,14-16H2,1H3,(H,25,29)(H,26,27,28). The Kier molecular flexibility index (Phi) is 6.64. The van der Waals surface area contributed by atoms with Gasteiger partial charge in [-0.1, -0.05) is 49.4 Å². The molecule has 1 amide bonds. The van der Waals surface area contributed by atoms with Crippen molar-refractivity contribution >= 4 is 29.2 Å². The van der Waals surface area contributed by atoms with E-state index in [0.29, 0.717) is 6.42 Å². The normalized spacial score (nSPS) is 12.8. The van der Waals surface area contributed by atoms with Gasteiger partial charge in [0.2, 0.25) is 5.91 Å². The molecule has 0 bridgehead atoms. The fourth-order valence-electron chi connectivity index (χ4n) is 3.39. The van der Waals surface area contributed by atoms with Gasteiger partial charge >= 0.3 is 0 Å². The first-order chi connectivity index (χ1) is 14.7. The van der Waals surface area contributed by atoms with E-state index in [-0.39, 0.29) is 5.91 Å². The summed E-state index contributed by atoms with van der Waals surface area (Å²) < 4.78 is 0. The maximum atomic E-state index is 11.9. The fourth-order valence-corrected chi connectivity index (χ4v) is 4.43. The van der Waals surface area contributed by atoms with Crippen LogP contribution in [0.3, 0.4) is 0 Å². The first-order valence-corrected chi connectivity index (χ1v) is 11.4. The summed E-state index contributed by atoms with van der Waals surface area (Å²) in [6.45, 7) is 2.77. The maximum Gasteiger partial charge on any atom is 0.224 e. The van der Waals surface area contributed by atoms with E-state index in [0.717, 1.165) is 70.6 Å². The van der Waals surface area contributed by atoms with E-state index in [1.54, 1.807) is 0 Å². The summed E-state index contributed by atoms with van der Waals surface area (Å²) in [5.41, 5.74) is 4.09. The molecule has 2 heterocycles. The summed E-state index contributed by atoms with van der Waals surface area (Å²) in [5.74, 6) is 2.76. The van der Waals surface area contributed by atoms with Crippen LogP contribution in [-0.2, 0) is 17.6 Å². The molecule has 0 fully saturated rings. The summed E-state index contributed by atoms with van der Waals surface area (Å²) in [7, 11) is 0. The molecule has 5 nitrogen and oxygen atoms in total. The lowest BCUT2D eigenvalue weighted by atomic mass is 10.1. The molecule has 3 aromatic rings. The molecular weight excluding hydrogens is 392 g/mol. The Bertz CT molecular complexity index is 1010. The van der Waals surface area contributed by atoms with E-state index in [4.69, 9.17) is 9.97 Å². The van der Waals surface area contributed by atoms with Crippen molar-refractivity contribution in [2.45, 2.75) is 37.5 Å². The monoisotopic (exact) mass is 418 g/mol. The molecule has 0 aliphatic carbocycles. The van der Waals surface area contributed by atoms with Gasteiger partial charge in [0.05, 0.1) is 17.0 Å². The van der Waals surface area contributed by atoms with Crippen LogP contribution in [0.5, 0.6) is 0 Å². The number of carbonyl (C=O) groups excluding carboxylic acids is 1. The minimum absolute atomic E-state index is 0.0614. The predicted molar refractivity (Wildman–Crippen MR) is 123 cm³/mol. The fraction of sp³-hybridized carbons (Fsp3) is 0.292. The third-order valence-corrected chi connectivity index (χ3v) is 6.14. The molecule has 1 aliphatic heterocycles. The van der Waals surface area contributed by atoms with Crippen molar-refractivity contribution in [1.82, 2.24) is 15.3 Å². The van der Waals surface area contributed by atoms with E-state index >= 15 is 0 Å². The highest BCUT2D eigenvalue weighted by molar-refractivity contribution is 7.99. The minimum atomic E-state index is 0.0614. The Hall–Kier alpha value is -2.86. The number of hydrogen-bond donors (Lipinski definition) is 2. The van der Waals surface area contributed by atoms with Crippen LogP contribution in [0.15, 0.2) is 59.5 Å². The van der Waals surface area contributed by atoms with Crippen molar-refractivity contribution in [2.24, 2.45) is 0 Å². The van der Waals surface area contributed by atoms with E-state index in [1.807, 2.05) is 73.3 Å². The van der Waals surface area contributed by atoms with Crippen LogP contribution in [0, 0.1) is 0 Å². The topological polar surface area (TPSA) is 66.9 Å². The highest BCUT2D eigenvalue weighted by Crippen LogP contribution is 2.37. The van der Waals surface area contributed by atoms with Crippen molar-refractivity contribution in [2.75, 3.05) is 17.6 Å². The van der Waals surface area contributed by atoms with Gasteiger partial charge in [0.1, 0.15) is 5.82 Å². The zero-order valence-corrected chi connectivity index (χ0v) is 18.0. The van der Waals surface area contributed by atoms with Crippen molar-refractivity contribution in [3.63, 3.8) is 0 Å². The molecule has 1 aromatic heterocycles. The number of amides is 1. The molecule has 0 unspecified atom stereocenters. The number of nitrogens with one attached hydrogen (secondary N) is 2. The largest absolute Gasteiger partial charge is 0.356 e. The van der Waals surface area contributed by atoms with Crippen LogP contribution in [0.2, 0.25) is 0 Å². The number of benzene rings is 2. The van der Waals surface area contributed by atoms with Gasteiger partial charge in [0.25, 0.3) is 0 Å². The highest BCUT2D eigenvalue weighted by atomic mass is 32.2. The predicted octanol–water partition coefficient (Wildman–Crippen LogP) is 4.99. The van der Waals surface area contributed by atoms with E-state index in [2.05, 4.69) is 10.6 Å². The zero-order chi connectivity index (χ0) is 20.8. The third-order valence-electron chi connectivity index (χ3n) is 4.93. The average molecular weight is 419 g/mol. The first kappa shape index (κ1) is 20.4. The minimum Gasteiger partial charge on any atom is -0.356 e. The van der Waals surface area contributed by atoms with Crippen LogP contribution >= 0.6 is 11.8 Å². The molecule has 6 heteroatoms. The second kappa shape index (κ2) is 9.76. The molecule has 0 saturated heterocycles. The summed E-state index contributed by atoms with van der Waals surface area (Å²) in [4.78, 5) is 22.8. The van der Waals surface area contributed by atoms with Gasteiger partial charge in [-0.3, -0.25) is 4.79 Å². The molecule has 0 saturated carbocycles. The SMILES string of the molecule is CCCNC(=O)Cc1ccc(Nc2nc(-c3ccccc3)nc3c2SCCC3)cc1. The number of rotatable bonds is 7. The Morgan fingerprint density at radius 2 is 1.87 bits per heavy atom.